The van der Waals surface area contributed by atoms with E-state index in [1.54, 1.807) is 12.1 Å². The Morgan fingerprint density at radius 3 is 2.33 bits per heavy atom. The lowest BCUT2D eigenvalue weighted by atomic mass is 10.2. The van der Waals surface area contributed by atoms with Crippen LogP contribution in [0.2, 0.25) is 0 Å². The Bertz CT molecular complexity index is 839. The van der Waals surface area contributed by atoms with E-state index in [0.29, 0.717) is 0 Å². The SMILES string of the molecule is CCC[C@@H](C)NC(=O)CN(Cc1ccccc1)S(=O)(=O)c1ccc(Br)cc1. The first-order chi connectivity index (χ1) is 12.8. The van der Waals surface area contributed by atoms with E-state index < -0.39 is 10.0 Å². The van der Waals surface area contributed by atoms with Crippen LogP contribution in [-0.4, -0.2) is 31.2 Å². The van der Waals surface area contributed by atoms with E-state index in [0.717, 1.165) is 22.9 Å². The predicted molar refractivity (Wildman–Crippen MR) is 111 cm³/mol. The Morgan fingerprint density at radius 1 is 1.11 bits per heavy atom. The summed E-state index contributed by atoms with van der Waals surface area (Å²) in [7, 11) is -3.81. The molecule has 0 heterocycles. The van der Waals surface area contributed by atoms with Gasteiger partial charge in [-0.1, -0.05) is 59.6 Å². The number of halogens is 1. The molecule has 1 amide bonds. The van der Waals surface area contributed by atoms with Gasteiger partial charge in [-0.2, -0.15) is 4.31 Å². The van der Waals surface area contributed by atoms with Crippen LogP contribution in [0.5, 0.6) is 0 Å². The molecule has 146 valence electrons. The molecule has 0 bridgehead atoms. The first-order valence-corrected chi connectivity index (χ1v) is 11.1. The van der Waals surface area contributed by atoms with Crippen molar-refractivity contribution in [2.45, 2.75) is 44.2 Å². The number of benzene rings is 2. The molecule has 0 fully saturated rings. The van der Waals surface area contributed by atoms with Crippen molar-refractivity contribution in [3.8, 4) is 0 Å². The van der Waals surface area contributed by atoms with Gasteiger partial charge in [0, 0.05) is 17.1 Å². The number of amides is 1. The van der Waals surface area contributed by atoms with Gasteiger partial charge in [-0.15, -0.1) is 0 Å². The van der Waals surface area contributed by atoms with E-state index in [9.17, 15) is 13.2 Å². The van der Waals surface area contributed by atoms with E-state index in [-0.39, 0.29) is 29.9 Å². The minimum Gasteiger partial charge on any atom is -0.353 e. The Labute approximate surface area is 170 Å². The molecule has 2 rings (SSSR count). The predicted octanol–water partition coefficient (Wildman–Crippen LogP) is 3.94. The second kappa shape index (κ2) is 10.0. The fourth-order valence-corrected chi connectivity index (χ4v) is 4.40. The Hall–Kier alpha value is -1.70. The number of nitrogens with one attached hydrogen (secondary N) is 1. The Balaban J connectivity index is 2.26. The Morgan fingerprint density at radius 2 is 1.74 bits per heavy atom. The molecule has 2 aromatic carbocycles. The van der Waals surface area contributed by atoms with Gasteiger partial charge in [-0.05, 0) is 43.2 Å². The van der Waals surface area contributed by atoms with Gasteiger partial charge in [0.25, 0.3) is 0 Å². The van der Waals surface area contributed by atoms with Crippen LogP contribution in [0.4, 0.5) is 0 Å². The molecule has 1 N–H and O–H groups in total. The summed E-state index contributed by atoms with van der Waals surface area (Å²) in [5, 5.41) is 2.88. The minimum absolute atomic E-state index is 0.0106. The molecule has 1 atom stereocenters. The van der Waals surface area contributed by atoms with Gasteiger partial charge >= 0.3 is 0 Å². The van der Waals surface area contributed by atoms with Crippen LogP contribution in [0.3, 0.4) is 0 Å². The van der Waals surface area contributed by atoms with Gasteiger partial charge < -0.3 is 5.32 Å². The average Bonchev–Trinajstić information content (AvgIpc) is 2.62. The second-order valence-electron chi connectivity index (χ2n) is 6.47. The van der Waals surface area contributed by atoms with Crippen LogP contribution in [-0.2, 0) is 21.4 Å². The van der Waals surface area contributed by atoms with Gasteiger partial charge in [0.2, 0.25) is 15.9 Å². The molecule has 0 aromatic heterocycles. The monoisotopic (exact) mass is 452 g/mol. The minimum atomic E-state index is -3.81. The molecule has 0 saturated heterocycles. The van der Waals surface area contributed by atoms with Crippen LogP contribution in [0.25, 0.3) is 0 Å². The van der Waals surface area contributed by atoms with Gasteiger partial charge in [-0.3, -0.25) is 4.79 Å². The summed E-state index contributed by atoms with van der Waals surface area (Å²) in [5.74, 6) is -0.299. The summed E-state index contributed by atoms with van der Waals surface area (Å²) < 4.78 is 28.3. The van der Waals surface area contributed by atoms with Crippen LogP contribution < -0.4 is 5.32 Å². The molecule has 0 spiro atoms. The highest BCUT2D eigenvalue weighted by atomic mass is 79.9. The number of hydrogen-bond acceptors (Lipinski definition) is 3. The van der Waals surface area contributed by atoms with Gasteiger partial charge in [0.15, 0.2) is 0 Å². The summed E-state index contributed by atoms with van der Waals surface area (Å²) >= 11 is 3.31. The molecule has 0 aliphatic carbocycles. The maximum atomic E-state index is 13.1. The number of carbonyl (C=O) groups excluding carboxylic acids is 1. The fourth-order valence-electron chi connectivity index (χ4n) is 2.75. The first kappa shape index (κ1) is 21.6. The van der Waals surface area contributed by atoms with Crippen molar-refractivity contribution >= 4 is 31.9 Å². The van der Waals surface area contributed by atoms with Crippen LogP contribution in [0.15, 0.2) is 64.0 Å². The molecule has 0 unspecified atom stereocenters. The third-order valence-electron chi connectivity index (χ3n) is 4.10. The molecule has 7 heteroatoms. The van der Waals surface area contributed by atoms with Crippen molar-refractivity contribution in [2.75, 3.05) is 6.54 Å². The zero-order valence-electron chi connectivity index (χ0n) is 15.6. The quantitative estimate of drug-likeness (QED) is 0.626. The van der Waals surface area contributed by atoms with Gasteiger partial charge in [-0.25, -0.2) is 8.42 Å². The second-order valence-corrected chi connectivity index (χ2v) is 9.32. The largest absolute Gasteiger partial charge is 0.353 e. The lowest BCUT2D eigenvalue weighted by Gasteiger charge is -2.23. The number of sulfonamides is 1. The Kier molecular flexibility index (Phi) is 8.01. The fraction of sp³-hybridized carbons (Fsp3) is 0.350. The molecule has 0 aliphatic rings. The number of hydrogen-bond donors (Lipinski definition) is 1. The van der Waals surface area contributed by atoms with E-state index in [2.05, 4.69) is 21.2 Å². The normalized spacial score (nSPS) is 12.7. The third-order valence-corrected chi connectivity index (χ3v) is 6.44. The smallest absolute Gasteiger partial charge is 0.243 e. The molecule has 5 nitrogen and oxygen atoms in total. The zero-order chi connectivity index (χ0) is 19.9. The number of nitrogens with zero attached hydrogens (tertiary/aromatic N) is 1. The maximum absolute atomic E-state index is 13.1. The summed E-state index contributed by atoms with van der Waals surface area (Å²) in [6, 6.07) is 15.7. The standard InChI is InChI=1S/C20H25BrN2O3S/c1-3-7-16(2)22-20(24)15-23(14-17-8-5-4-6-9-17)27(25,26)19-12-10-18(21)11-13-19/h4-6,8-13,16H,3,7,14-15H2,1-2H3,(H,22,24)/t16-/m1/s1. The van der Waals surface area contributed by atoms with Crippen molar-refractivity contribution in [3.63, 3.8) is 0 Å². The highest BCUT2D eigenvalue weighted by molar-refractivity contribution is 9.10. The van der Waals surface area contributed by atoms with E-state index in [1.165, 1.54) is 16.4 Å². The molecule has 27 heavy (non-hydrogen) atoms. The summed E-state index contributed by atoms with van der Waals surface area (Å²) in [5.41, 5.74) is 0.826. The van der Waals surface area contributed by atoms with Crippen molar-refractivity contribution in [1.29, 1.82) is 0 Å². The topological polar surface area (TPSA) is 66.5 Å². The van der Waals surface area contributed by atoms with Crippen molar-refractivity contribution in [2.24, 2.45) is 0 Å². The van der Waals surface area contributed by atoms with Gasteiger partial charge in [0.1, 0.15) is 0 Å². The average molecular weight is 453 g/mol. The van der Waals surface area contributed by atoms with Crippen molar-refractivity contribution < 1.29 is 13.2 Å². The zero-order valence-corrected chi connectivity index (χ0v) is 18.0. The summed E-state index contributed by atoms with van der Waals surface area (Å²) in [6.45, 7) is 3.88. The van der Waals surface area contributed by atoms with Crippen LogP contribution >= 0.6 is 15.9 Å². The van der Waals surface area contributed by atoms with Crippen molar-refractivity contribution in [1.82, 2.24) is 9.62 Å². The summed E-state index contributed by atoms with van der Waals surface area (Å²) in [6.07, 6.45) is 1.80. The van der Waals surface area contributed by atoms with Crippen LogP contribution in [0.1, 0.15) is 32.3 Å². The number of rotatable bonds is 9. The summed E-state index contributed by atoms with van der Waals surface area (Å²) in [4.78, 5) is 12.6. The lowest BCUT2D eigenvalue weighted by molar-refractivity contribution is -0.122. The lowest BCUT2D eigenvalue weighted by Crippen LogP contribution is -2.43. The highest BCUT2D eigenvalue weighted by Crippen LogP contribution is 2.20. The van der Waals surface area contributed by atoms with Crippen molar-refractivity contribution in [3.05, 3.63) is 64.6 Å². The highest BCUT2D eigenvalue weighted by Gasteiger charge is 2.27. The third kappa shape index (κ3) is 6.45. The maximum Gasteiger partial charge on any atom is 0.243 e. The van der Waals surface area contributed by atoms with Gasteiger partial charge in [0.05, 0.1) is 11.4 Å². The molecular formula is C20H25BrN2O3S. The molecule has 0 saturated carbocycles. The molecule has 0 aliphatic heterocycles. The van der Waals surface area contributed by atoms with E-state index >= 15 is 0 Å². The first-order valence-electron chi connectivity index (χ1n) is 8.92. The molecular weight excluding hydrogens is 428 g/mol. The van der Waals surface area contributed by atoms with Crippen LogP contribution in [0, 0.1) is 0 Å². The molecule has 0 radical (unpaired) electrons. The molecule has 2 aromatic rings. The number of carbonyl (C=O) groups is 1. The van der Waals surface area contributed by atoms with E-state index in [4.69, 9.17) is 0 Å². The van der Waals surface area contributed by atoms with E-state index in [1.807, 2.05) is 44.2 Å².